The van der Waals surface area contributed by atoms with E-state index in [1.165, 1.54) is 19.2 Å². The molecular formula is C13H15FN2O4S. The van der Waals surface area contributed by atoms with Gasteiger partial charge in [-0.3, -0.25) is 0 Å². The summed E-state index contributed by atoms with van der Waals surface area (Å²) < 4.78 is 41.4. The second-order valence-corrected chi connectivity index (χ2v) is 6.97. The van der Waals surface area contributed by atoms with Crippen LogP contribution in [0.25, 0.3) is 10.9 Å². The average Bonchev–Trinajstić information content (AvgIpc) is 2.66. The zero-order valence-electron chi connectivity index (χ0n) is 12.0. The van der Waals surface area contributed by atoms with Gasteiger partial charge in [-0.2, -0.15) is 18.2 Å². The second-order valence-electron chi connectivity index (χ2n) is 5.65. The van der Waals surface area contributed by atoms with Gasteiger partial charge in [0.05, 0.1) is 11.7 Å². The molecule has 0 N–H and O–H groups in total. The summed E-state index contributed by atoms with van der Waals surface area (Å²) in [6.45, 7) is 6.60. The van der Waals surface area contributed by atoms with Gasteiger partial charge < -0.3 is 4.74 Å². The van der Waals surface area contributed by atoms with E-state index < -0.39 is 26.8 Å². The van der Waals surface area contributed by atoms with Crippen molar-refractivity contribution < 1.29 is 21.8 Å². The number of nitrogens with zero attached hydrogens (tertiary/aromatic N) is 2. The Bertz CT molecular complexity index is 819. The second kappa shape index (κ2) is 4.80. The summed E-state index contributed by atoms with van der Waals surface area (Å²) in [7, 11) is -4.82. The maximum Gasteiger partial charge on any atom is 0.435 e. The number of aryl methyl sites for hydroxylation is 1. The Morgan fingerprint density at radius 2 is 1.95 bits per heavy atom. The molecule has 0 saturated heterocycles. The summed E-state index contributed by atoms with van der Waals surface area (Å²) in [6, 6.07) is 2.53. The molecule has 0 unspecified atom stereocenters. The smallest absolute Gasteiger partial charge is 0.435 e. The lowest BCUT2D eigenvalue weighted by Crippen LogP contribution is -2.27. The van der Waals surface area contributed by atoms with Gasteiger partial charge in [-0.15, -0.1) is 3.89 Å². The normalized spacial score (nSPS) is 12.6. The third-order valence-electron chi connectivity index (χ3n) is 2.69. The van der Waals surface area contributed by atoms with Gasteiger partial charge in [0.1, 0.15) is 10.5 Å². The highest BCUT2D eigenvalue weighted by Crippen LogP contribution is 2.25. The van der Waals surface area contributed by atoms with Crippen LogP contribution in [-0.4, -0.2) is 29.9 Å². The van der Waals surface area contributed by atoms with Crippen LogP contribution < -0.4 is 0 Å². The fourth-order valence-corrected chi connectivity index (χ4v) is 2.58. The highest BCUT2D eigenvalue weighted by Gasteiger charge is 2.22. The molecule has 0 bridgehead atoms. The molecule has 6 nitrogen and oxygen atoms in total. The zero-order valence-corrected chi connectivity index (χ0v) is 12.9. The number of carbonyl (C=O) groups is 1. The van der Waals surface area contributed by atoms with Crippen LogP contribution >= 0.6 is 0 Å². The Balaban J connectivity index is 2.56. The predicted molar refractivity (Wildman–Crippen MR) is 74.4 cm³/mol. The van der Waals surface area contributed by atoms with E-state index in [1.807, 2.05) is 0 Å². The highest BCUT2D eigenvalue weighted by molar-refractivity contribution is 7.86. The van der Waals surface area contributed by atoms with Crippen LogP contribution in [-0.2, 0) is 15.0 Å². The van der Waals surface area contributed by atoms with Crippen molar-refractivity contribution in [2.45, 2.75) is 38.2 Å². The molecule has 0 aliphatic rings. The Labute approximate surface area is 121 Å². The first kappa shape index (κ1) is 15.4. The minimum absolute atomic E-state index is 0.190. The molecule has 8 heteroatoms. The van der Waals surface area contributed by atoms with Gasteiger partial charge in [-0.05, 0) is 45.4 Å². The number of benzene rings is 1. The molecule has 2 aromatic rings. The maximum atomic E-state index is 13.2. The Morgan fingerprint density at radius 1 is 1.33 bits per heavy atom. The summed E-state index contributed by atoms with van der Waals surface area (Å²) in [5.74, 6) is 0. The molecule has 0 fully saturated rings. The van der Waals surface area contributed by atoms with Gasteiger partial charge in [0, 0.05) is 5.39 Å². The van der Waals surface area contributed by atoms with Crippen LogP contribution in [0.15, 0.2) is 23.2 Å². The van der Waals surface area contributed by atoms with E-state index in [0.717, 1.165) is 10.7 Å². The minimum Gasteiger partial charge on any atom is -0.442 e. The van der Waals surface area contributed by atoms with E-state index in [2.05, 4.69) is 5.10 Å². The van der Waals surface area contributed by atoms with E-state index in [4.69, 9.17) is 4.74 Å². The van der Waals surface area contributed by atoms with Gasteiger partial charge in [0.15, 0.2) is 0 Å². The summed E-state index contributed by atoms with van der Waals surface area (Å²) in [5, 5.41) is 4.20. The molecule has 1 aromatic heterocycles. The number of hydrogen-bond acceptors (Lipinski definition) is 5. The number of ether oxygens (including phenoxy) is 1. The van der Waals surface area contributed by atoms with Crippen molar-refractivity contribution in [1.82, 2.24) is 9.78 Å². The minimum atomic E-state index is -4.82. The molecule has 0 spiro atoms. The van der Waals surface area contributed by atoms with E-state index in [9.17, 15) is 17.1 Å². The van der Waals surface area contributed by atoms with Crippen molar-refractivity contribution in [2.24, 2.45) is 0 Å². The number of carbonyl (C=O) groups excluding carboxylic acids is 1. The lowest BCUT2D eigenvalue weighted by Gasteiger charge is -2.19. The highest BCUT2D eigenvalue weighted by atomic mass is 32.3. The number of hydrogen-bond donors (Lipinski definition) is 0. The third kappa shape index (κ3) is 3.21. The van der Waals surface area contributed by atoms with Crippen molar-refractivity contribution in [3.05, 3.63) is 23.9 Å². The lowest BCUT2D eigenvalue weighted by molar-refractivity contribution is 0.0522. The van der Waals surface area contributed by atoms with E-state index in [1.54, 1.807) is 20.8 Å². The molecule has 0 aliphatic carbocycles. The van der Waals surface area contributed by atoms with Gasteiger partial charge in [-0.1, -0.05) is 0 Å². The molecule has 2 rings (SSSR count). The summed E-state index contributed by atoms with van der Waals surface area (Å²) in [6.07, 6.45) is 0.598. The quantitative estimate of drug-likeness (QED) is 0.756. The van der Waals surface area contributed by atoms with Crippen LogP contribution in [0.2, 0.25) is 0 Å². The Hall–Kier alpha value is -1.96. The van der Waals surface area contributed by atoms with Crippen molar-refractivity contribution in [3.63, 3.8) is 0 Å². The Morgan fingerprint density at radius 3 is 2.48 bits per heavy atom. The SMILES string of the molecule is Cc1cc2c(cnn2C(=O)OC(C)(C)C)cc1S(=O)(=O)F. The molecule has 114 valence electrons. The van der Waals surface area contributed by atoms with Gasteiger partial charge in [0.25, 0.3) is 0 Å². The molecule has 0 saturated carbocycles. The monoisotopic (exact) mass is 314 g/mol. The summed E-state index contributed by atoms with van der Waals surface area (Å²) in [4.78, 5) is 11.6. The molecule has 0 amide bonds. The first-order chi connectivity index (χ1) is 9.49. The van der Waals surface area contributed by atoms with E-state index in [-0.39, 0.29) is 5.56 Å². The summed E-state index contributed by atoms with van der Waals surface area (Å²) in [5.41, 5.74) is -0.142. The maximum absolute atomic E-state index is 13.2. The van der Waals surface area contributed by atoms with Gasteiger partial charge in [0.2, 0.25) is 0 Å². The topological polar surface area (TPSA) is 78.3 Å². The van der Waals surface area contributed by atoms with Crippen LogP contribution in [0.1, 0.15) is 26.3 Å². The number of rotatable bonds is 1. The third-order valence-corrected chi connectivity index (χ3v) is 3.66. The van der Waals surface area contributed by atoms with E-state index >= 15 is 0 Å². The molecular weight excluding hydrogens is 299 g/mol. The molecule has 1 heterocycles. The lowest BCUT2D eigenvalue weighted by atomic mass is 10.2. The number of halogens is 1. The first-order valence-corrected chi connectivity index (χ1v) is 7.54. The van der Waals surface area contributed by atoms with Gasteiger partial charge >= 0.3 is 16.3 Å². The largest absolute Gasteiger partial charge is 0.442 e. The molecule has 0 radical (unpaired) electrons. The number of fused-ring (bicyclic) bond motifs is 1. The fraction of sp³-hybridized carbons (Fsp3) is 0.385. The molecule has 0 atom stereocenters. The van der Waals surface area contributed by atoms with Crippen molar-refractivity contribution >= 4 is 27.2 Å². The molecule has 1 aromatic carbocycles. The van der Waals surface area contributed by atoms with Crippen LogP contribution in [0.3, 0.4) is 0 Å². The van der Waals surface area contributed by atoms with Crippen molar-refractivity contribution in [3.8, 4) is 0 Å². The fourth-order valence-electron chi connectivity index (χ4n) is 1.87. The summed E-state index contributed by atoms with van der Waals surface area (Å²) >= 11 is 0. The average molecular weight is 314 g/mol. The Kier molecular flexibility index (Phi) is 3.53. The van der Waals surface area contributed by atoms with Crippen molar-refractivity contribution in [2.75, 3.05) is 0 Å². The van der Waals surface area contributed by atoms with Crippen molar-refractivity contribution in [1.29, 1.82) is 0 Å². The van der Waals surface area contributed by atoms with Crippen LogP contribution in [0.4, 0.5) is 8.68 Å². The van der Waals surface area contributed by atoms with E-state index in [0.29, 0.717) is 10.9 Å². The first-order valence-electron chi connectivity index (χ1n) is 6.15. The number of aromatic nitrogens is 2. The van der Waals surface area contributed by atoms with Crippen LogP contribution in [0.5, 0.6) is 0 Å². The predicted octanol–water partition coefficient (Wildman–Crippen LogP) is 2.79. The standard InChI is InChI=1S/C13H15FN2O4S/c1-8-5-10-9(6-11(8)21(14,18)19)7-15-16(10)12(17)20-13(2,3)4/h5-7H,1-4H3. The molecule has 0 aliphatic heterocycles. The van der Waals surface area contributed by atoms with Crippen LogP contribution in [0, 0.1) is 6.92 Å². The molecule has 21 heavy (non-hydrogen) atoms. The zero-order chi connectivity index (χ0) is 16.0. The van der Waals surface area contributed by atoms with Gasteiger partial charge in [-0.25, -0.2) is 4.79 Å².